The summed E-state index contributed by atoms with van der Waals surface area (Å²) in [6.45, 7) is 3.21. The van der Waals surface area contributed by atoms with Crippen LogP contribution in [-0.2, 0) is 38.8 Å². The van der Waals surface area contributed by atoms with Gasteiger partial charge in [0.25, 0.3) is 0 Å². The fraction of sp³-hybridized carbons (Fsp3) is 0.296. The first-order valence-corrected chi connectivity index (χ1v) is 10.6. The highest BCUT2D eigenvalue weighted by Crippen LogP contribution is 2.26. The van der Waals surface area contributed by atoms with Gasteiger partial charge in [0.2, 0.25) is 6.61 Å². The molecule has 31 heavy (non-hydrogen) atoms. The van der Waals surface area contributed by atoms with Crippen molar-refractivity contribution in [2.24, 2.45) is 0 Å². The Morgan fingerprint density at radius 2 is 1.26 bits per heavy atom. The molecule has 3 aromatic rings. The van der Waals surface area contributed by atoms with E-state index in [-0.39, 0.29) is 6.10 Å². The summed E-state index contributed by atoms with van der Waals surface area (Å²) in [5, 5.41) is 0. The molecule has 0 aromatic heterocycles. The minimum Gasteiger partial charge on any atom is -0.374 e. The summed E-state index contributed by atoms with van der Waals surface area (Å²) in [6, 6.07) is 30.0. The van der Waals surface area contributed by atoms with E-state index in [1.807, 2.05) is 91.0 Å². The van der Waals surface area contributed by atoms with Crippen LogP contribution >= 0.6 is 0 Å². The van der Waals surface area contributed by atoms with E-state index in [0.717, 1.165) is 16.7 Å². The molecular formula is C27H29O4+. The maximum Gasteiger partial charge on any atom is 0.230 e. The summed E-state index contributed by atoms with van der Waals surface area (Å²) >= 11 is 0. The van der Waals surface area contributed by atoms with E-state index >= 15 is 0 Å². The minimum absolute atomic E-state index is 0.350. The van der Waals surface area contributed by atoms with Crippen LogP contribution in [0.25, 0.3) is 0 Å². The molecule has 0 aliphatic carbocycles. The lowest BCUT2D eigenvalue weighted by Crippen LogP contribution is -2.48. The number of hydrogen-bond acceptors (Lipinski definition) is 4. The van der Waals surface area contributed by atoms with Crippen LogP contribution in [0.2, 0.25) is 0 Å². The van der Waals surface area contributed by atoms with Crippen LogP contribution in [0.15, 0.2) is 91.0 Å². The quantitative estimate of drug-likeness (QED) is 0.417. The van der Waals surface area contributed by atoms with E-state index in [1.54, 1.807) is 0 Å². The summed E-state index contributed by atoms with van der Waals surface area (Å²) in [6.07, 6.45) is -1.89. The van der Waals surface area contributed by atoms with Gasteiger partial charge in [0.05, 0.1) is 27.8 Å². The lowest BCUT2D eigenvalue weighted by atomic mass is 10.0. The van der Waals surface area contributed by atoms with Crippen LogP contribution in [-0.4, -0.2) is 24.9 Å². The molecule has 0 saturated carbocycles. The van der Waals surface area contributed by atoms with E-state index in [0.29, 0.717) is 26.4 Å². The Balaban J connectivity index is 1.42. The molecule has 1 aliphatic heterocycles. The highest BCUT2D eigenvalue weighted by atomic mass is 16.6. The maximum absolute atomic E-state index is 8.48. The molecule has 0 amide bonds. The molecule has 4 rings (SSSR count). The summed E-state index contributed by atoms with van der Waals surface area (Å²) in [5.41, 5.74) is 3.23. The third-order valence-electron chi connectivity index (χ3n) is 5.18. The zero-order valence-corrected chi connectivity index (χ0v) is 17.5. The van der Waals surface area contributed by atoms with Gasteiger partial charge < -0.3 is 14.2 Å². The van der Waals surface area contributed by atoms with Crippen molar-refractivity contribution in [3.05, 3.63) is 114 Å². The number of hydrogen-bond donors (Lipinski definition) is 0. The molecule has 4 atom stereocenters. The topological polar surface area (TPSA) is 36.9 Å². The number of benzene rings is 3. The van der Waals surface area contributed by atoms with Gasteiger partial charge in [0.15, 0.2) is 6.10 Å². The fourth-order valence-electron chi connectivity index (χ4n) is 3.51. The molecule has 1 fully saturated rings. The molecule has 3 aromatic carbocycles. The average Bonchev–Trinajstić information content (AvgIpc) is 2.85. The van der Waals surface area contributed by atoms with Gasteiger partial charge in [-0.3, -0.25) is 0 Å². The van der Waals surface area contributed by atoms with E-state index in [1.165, 1.54) is 6.61 Å². The Kier molecular flexibility index (Phi) is 7.64. The van der Waals surface area contributed by atoms with Crippen LogP contribution in [0.3, 0.4) is 0 Å². The molecule has 4 heteroatoms. The molecule has 0 radical (unpaired) electrons. The highest BCUT2D eigenvalue weighted by molar-refractivity contribution is 5.15. The van der Waals surface area contributed by atoms with Crippen molar-refractivity contribution in [1.29, 1.82) is 0 Å². The molecule has 1 aliphatic rings. The van der Waals surface area contributed by atoms with Gasteiger partial charge in [-0.2, -0.15) is 4.74 Å². The molecule has 1 heterocycles. The first-order valence-electron chi connectivity index (χ1n) is 11.2. The molecule has 0 unspecified atom stereocenters. The predicted octanol–water partition coefficient (Wildman–Crippen LogP) is 5.32. The molecule has 0 spiro atoms. The van der Waals surface area contributed by atoms with E-state index in [4.69, 9.17) is 20.3 Å². The summed E-state index contributed by atoms with van der Waals surface area (Å²) < 4.78 is 32.8. The lowest BCUT2D eigenvalue weighted by Gasteiger charge is -2.33. The number of rotatable bonds is 10. The van der Waals surface area contributed by atoms with E-state index in [2.05, 4.69) is 0 Å². The van der Waals surface area contributed by atoms with Crippen molar-refractivity contribution in [3.63, 3.8) is 0 Å². The van der Waals surface area contributed by atoms with Gasteiger partial charge in [0.1, 0.15) is 18.6 Å². The van der Waals surface area contributed by atoms with Gasteiger partial charge in [-0.1, -0.05) is 91.0 Å². The number of ether oxygens (including phenoxy) is 4. The summed E-state index contributed by atoms with van der Waals surface area (Å²) in [4.78, 5) is 0. The molecule has 1 saturated heterocycles. The summed E-state index contributed by atoms with van der Waals surface area (Å²) in [7, 11) is 0. The van der Waals surface area contributed by atoms with Crippen molar-refractivity contribution in [2.45, 2.75) is 44.5 Å². The lowest BCUT2D eigenvalue weighted by molar-refractivity contribution is -0.181. The zero-order chi connectivity index (χ0) is 22.0. The molecule has 0 N–H and O–H groups in total. The first-order chi connectivity index (χ1) is 15.8. The Morgan fingerprint density at radius 1 is 0.742 bits per heavy atom. The molecular weight excluding hydrogens is 388 g/mol. The Labute approximate surface area is 186 Å². The standard InChI is InChI=1S/C27H29O4/c1-4-10-22(11-5-1)18-28-21-26-27(31-20-24-14-8-3-9-15-24)25(16-17-29-26)30-19-23-12-6-2-7-13-23/h1-15,17,25-27H,16,18-21H2/q+1/t25-,26-,27+/m1/s1/i16D/t16-,25+,26+,27-/m0. The normalized spacial score (nSPS) is 23.7. The van der Waals surface area contributed by atoms with Crippen LogP contribution in [0.1, 0.15) is 24.5 Å². The van der Waals surface area contributed by atoms with Gasteiger partial charge in [-0.15, -0.1) is 0 Å². The van der Waals surface area contributed by atoms with Crippen LogP contribution in [0.5, 0.6) is 0 Å². The van der Waals surface area contributed by atoms with Crippen molar-refractivity contribution < 1.29 is 20.3 Å². The predicted molar refractivity (Wildman–Crippen MR) is 120 cm³/mol. The van der Waals surface area contributed by atoms with Gasteiger partial charge in [-0.25, -0.2) is 0 Å². The SMILES string of the molecule is [2H][C@H]1[CH+]O[C@H](COCc2ccccc2)[C@@H](OCc2ccccc2)[C@@H]1OCc1ccccc1. The van der Waals surface area contributed by atoms with Crippen molar-refractivity contribution in [3.8, 4) is 0 Å². The first kappa shape index (κ1) is 20.3. The van der Waals surface area contributed by atoms with Crippen LogP contribution in [0, 0.1) is 6.61 Å². The zero-order valence-electron chi connectivity index (χ0n) is 18.5. The second-order valence-electron chi connectivity index (χ2n) is 7.53. The average molecular weight is 419 g/mol. The third kappa shape index (κ3) is 6.68. The van der Waals surface area contributed by atoms with E-state index < -0.39 is 18.6 Å². The highest BCUT2D eigenvalue weighted by Gasteiger charge is 2.41. The maximum atomic E-state index is 8.48. The third-order valence-corrected chi connectivity index (χ3v) is 5.18. The molecule has 0 bridgehead atoms. The Hall–Kier alpha value is -2.63. The van der Waals surface area contributed by atoms with Gasteiger partial charge >= 0.3 is 0 Å². The second kappa shape index (κ2) is 11.7. The smallest absolute Gasteiger partial charge is 0.230 e. The Bertz CT molecular complexity index is 907. The largest absolute Gasteiger partial charge is 0.374 e. The molecule has 4 nitrogen and oxygen atoms in total. The monoisotopic (exact) mass is 418 g/mol. The van der Waals surface area contributed by atoms with Gasteiger partial charge in [-0.05, 0) is 16.7 Å². The van der Waals surface area contributed by atoms with Gasteiger partial charge in [0, 0.05) is 0 Å². The van der Waals surface area contributed by atoms with Crippen LogP contribution < -0.4 is 0 Å². The summed E-state index contributed by atoms with van der Waals surface area (Å²) in [5.74, 6) is 0. The van der Waals surface area contributed by atoms with Crippen molar-refractivity contribution in [2.75, 3.05) is 6.61 Å². The second-order valence-corrected chi connectivity index (χ2v) is 7.53. The van der Waals surface area contributed by atoms with Crippen molar-refractivity contribution >= 4 is 0 Å². The van der Waals surface area contributed by atoms with E-state index in [9.17, 15) is 0 Å². The van der Waals surface area contributed by atoms with Crippen LogP contribution in [0.4, 0.5) is 0 Å². The fourth-order valence-corrected chi connectivity index (χ4v) is 3.51. The molecule has 160 valence electrons. The minimum atomic E-state index is -0.648. The Morgan fingerprint density at radius 3 is 1.84 bits per heavy atom. The van der Waals surface area contributed by atoms with Crippen molar-refractivity contribution in [1.82, 2.24) is 0 Å².